The molecule has 1 heterocycles. The van der Waals surface area contributed by atoms with Gasteiger partial charge in [-0.25, -0.2) is 0 Å². The Morgan fingerprint density at radius 2 is 2.00 bits per heavy atom. The first kappa shape index (κ1) is 12.7. The van der Waals surface area contributed by atoms with Gasteiger partial charge in [-0.3, -0.25) is 4.79 Å². The summed E-state index contributed by atoms with van der Waals surface area (Å²) in [7, 11) is 0. The monoisotopic (exact) mass is 248 g/mol. The van der Waals surface area contributed by atoms with Crippen molar-refractivity contribution < 1.29 is 9.90 Å². The molecule has 4 heteroatoms. The summed E-state index contributed by atoms with van der Waals surface area (Å²) in [5, 5.41) is 9.19. The van der Waals surface area contributed by atoms with Crippen LogP contribution in [0.2, 0.25) is 0 Å². The Kier molecular flexibility index (Phi) is 3.75. The molecule has 0 saturated carbocycles. The Hall–Kier alpha value is -1.71. The molecule has 0 aliphatic carbocycles. The third-order valence-corrected chi connectivity index (χ3v) is 3.59. The van der Waals surface area contributed by atoms with Crippen LogP contribution in [0, 0.1) is 0 Å². The molecule has 0 radical (unpaired) electrons. The maximum absolute atomic E-state index is 11.2. The molecular weight excluding hydrogens is 228 g/mol. The second-order valence-corrected chi connectivity index (χ2v) is 4.93. The van der Waals surface area contributed by atoms with Crippen LogP contribution in [0.25, 0.3) is 0 Å². The minimum Gasteiger partial charge on any atom is -0.481 e. The molecule has 0 amide bonds. The zero-order chi connectivity index (χ0) is 13.1. The van der Waals surface area contributed by atoms with Gasteiger partial charge in [-0.1, -0.05) is 0 Å². The summed E-state index contributed by atoms with van der Waals surface area (Å²) in [6.07, 6.45) is 3.60. The number of benzene rings is 1. The SMILES string of the molecule is CC(C(=O)O)c1cc(N)ccc1N1CCCCC1. The lowest BCUT2D eigenvalue weighted by Crippen LogP contribution is -2.31. The molecule has 1 aliphatic rings. The smallest absolute Gasteiger partial charge is 0.310 e. The number of nitrogen functional groups attached to an aromatic ring is 1. The van der Waals surface area contributed by atoms with E-state index in [1.54, 1.807) is 13.0 Å². The standard InChI is InChI=1S/C14H20N2O2/c1-10(14(17)18)12-9-11(15)5-6-13(12)16-7-3-2-4-8-16/h5-6,9-10H,2-4,7-8,15H2,1H3,(H,17,18). The van der Waals surface area contributed by atoms with Crippen molar-refractivity contribution >= 4 is 17.3 Å². The van der Waals surface area contributed by atoms with Crippen LogP contribution >= 0.6 is 0 Å². The van der Waals surface area contributed by atoms with Gasteiger partial charge in [0, 0.05) is 24.5 Å². The number of carbonyl (C=O) groups is 1. The summed E-state index contributed by atoms with van der Waals surface area (Å²) in [5.41, 5.74) is 8.26. The van der Waals surface area contributed by atoms with E-state index in [1.165, 1.54) is 19.3 Å². The molecule has 0 bridgehead atoms. The number of piperidine rings is 1. The molecule has 1 fully saturated rings. The molecule has 0 aromatic heterocycles. The highest BCUT2D eigenvalue weighted by molar-refractivity contribution is 5.79. The Balaban J connectivity index is 2.36. The van der Waals surface area contributed by atoms with Gasteiger partial charge in [0.2, 0.25) is 0 Å². The lowest BCUT2D eigenvalue weighted by molar-refractivity contribution is -0.138. The molecule has 18 heavy (non-hydrogen) atoms. The molecule has 1 aliphatic heterocycles. The molecule has 0 spiro atoms. The minimum atomic E-state index is -0.807. The van der Waals surface area contributed by atoms with Crippen LogP contribution in [-0.4, -0.2) is 24.2 Å². The fourth-order valence-electron chi connectivity index (χ4n) is 2.48. The summed E-state index contributed by atoms with van der Waals surface area (Å²) < 4.78 is 0. The fraction of sp³-hybridized carbons (Fsp3) is 0.500. The molecule has 4 nitrogen and oxygen atoms in total. The van der Waals surface area contributed by atoms with Crippen molar-refractivity contribution in [3.8, 4) is 0 Å². The number of rotatable bonds is 3. The summed E-state index contributed by atoms with van der Waals surface area (Å²) in [6.45, 7) is 3.72. The average Bonchev–Trinajstić information content (AvgIpc) is 2.38. The van der Waals surface area contributed by atoms with Crippen LogP contribution in [0.1, 0.15) is 37.7 Å². The van der Waals surface area contributed by atoms with Crippen LogP contribution in [0.15, 0.2) is 18.2 Å². The van der Waals surface area contributed by atoms with Gasteiger partial charge in [-0.05, 0) is 49.9 Å². The van der Waals surface area contributed by atoms with Gasteiger partial charge in [0.1, 0.15) is 0 Å². The van der Waals surface area contributed by atoms with E-state index >= 15 is 0 Å². The summed E-state index contributed by atoms with van der Waals surface area (Å²) in [4.78, 5) is 13.5. The summed E-state index contributed by atoms with van der Waals surface area (Å²) >= 11 is 0. The molecule has 1 atom stereocenters. The van der Waals surface area contributed by atoms with E-state index in [2.05, 4.69) is 4.90 Å². The predicted molar refractivity (Wildman–Crippen MR) is 73.0 cm³/mol. The van der Waals surface area contributed by atoms with Crippen molar-refractivity contribution in [1.29, 1.82) is 0 Å². The molecule has 98 valence electrons. The maximum Gasteiger partial charge on any atom is 0.310 e. The largest absolute Gasteiger partial charge is 0.481 e. The van der Waals surface area contributed by atoms with E-state index in [9.17, 15) is 9.90 Å². The number of hydrogen-bond donors (Lipinski definition) is 2. The number of hydrogen-bond acceptors (Lipinski definition) is 3. The Morgan fingerprint density at radius 1 is 1.33 bits per heavy atom. The average molecular weight is 248 g/mol. The molecular formula is C14H20N2O2. The van der Waals surface area contributed by atoms with E-state index in [0.717, 1.165) is 24.3 Å². The number of nitrogens with zero attached hydrogens (tertiary/aromatic N) is 1. The second-order valence-electron chi connectivity index (χ2n) is 4.93. The van der Waals surface area contributed by atoms with Crippen LogP contribution in [0.5, 0.6) is 0 Å². The highest BCUT2D eigenvalue weighted by Crippen LogP contribution is 2.31. The van der Waals surface area contributed by atoms with E-state index < -0.39 is 11.9 Å². The quantitative estimate of drug-likeness (QED) is 0.806. The minimum absolute atomic E-state index is 0.523. The number of carboxylic acids is 1. The Labute approximate surface area is 107 Å². The zero-order valence-corrected chi connectivity index (χ0v) is 10.7. The van der Waals surface area contributed by atoms with Crippen LogP contribution < -0.4 is 10.6 Å². The molecule has 2 rings (SSSR count). The number of nitrogens with two attached hydrogens (primary N) is 1. The first-order chi connectivity index (χ1) is 8.59. The molecule has 3 N–H and O–H groups in total. The fourth-order valence-corrected chi connectivity index (χ4v) is 2.48. The normalized spacial score (nSPS) is 17.5. The molecule has 1 aromatic rings. The van der Waals surface area contributed by atoms with Crippen LogP contribution in [0.3, 0.4) is 0 Å². The van der Waals surface area contributed by atoms with Gasteiger partial charge in [0.25, 0.3) is 0 Å². The molecule has 1 saturated heterocycles. The van der Waals surface area contributed by atoms with Crippen molar-refractivity contribution in [1.82, 2.24) is 0 Å². The molecule has 1 aromatic carbocycles. The van der Waals surface area contributed by atoms with Gasteiger partial charge in [-0.15, -0.1) is 0 Å². The number of carboxylic acid groups (broad SMARTS) is 1. The van der Waals surface area contributed by atoms with E-state index in [1.807, 2.05) is 12.1 Å². The first-order valence-electron chi connectivity index (χ1n) is 6.47. The van der Waals surface area contributed by atoms with Crippen LogP contribution in [0.4, 0.5) is 11.4 Å². The first-order valence-corrected chi connectivity index (χ1v) is 6.47. The second kappa shape index (κ2) is 5.29. The van der Waals surface area contributed by atoms with Gasteiger partial charge in [-0.2, -0.15) is 0 Å². The van der Waals surface area contributed by atoms with E-state index in [-0.39, 0.29) is 0 Å². The van der Waals surface area contributed by atoms with Crippen LogP contribution in [-0.2, 0) is 4.79 Å². The van der Waals surface area contributed by atoms with Gasteiger partial charge in [0.05, 0.1) is 5.92 Å². The van der Waals surface area contributed by atoms with Crippen molar-refractivity contribution in [3.05, 3.63) is 23.8 Å². The predicted octanol–water partition coefficient (Wildman–Crippen LogP) is 2.45. The highest BCUT2D eigenvalue weighted by atomic mass is 16.4. The van der Waals surface area contributed by atoms with E-state index in [0.29, 0.717) is 5.69 Å². The molecule has 1 unspecified atom stereocenters. The van der Waals surface area contributed by atoms with Gasteiger partial charge >= 0.3 is 5.97 Å². The zero-order valence-electron chi connectivity index (χ0n) is 10.7. The third kappa shape index (κ3) is 2.58. The summed E-state index contributed by atoms with van der Waals surface area (Å²) in [5.74, 6) is -1.33. The van der Waals surface area contributed by atoms with Crippen molar-refractivity contribution in [2.45, 2.75) is 32.1 Å². The Bertz CT molecular complexity index is 439. The van der Waals surface area contributed by atoms with Crippen molar-refractivity contribution in [3.63, 3.8) is 0 Å². The lowest BCUT2D eigenvalue weighted by Gasteiger charge is -2.31. The topological polar surface area (TPSA) is 66.6 Å². The van der Waals surface area contributed by atoms with E-state index in [4.69, 9.17) is 5.73 Å². The highest BCUT2D eigenvalue weighted by Gasteiger charge is 2.21. The van der Waals surface area contributed by atoms with Gasteiger partial charge in [0.15, 0.2) is 0 Å². The van der Waals surface area contributed by atoms with Crippen molar-refractivity contribution in [2.75, 3.05) is 23.7 Å². The summed E-state index contributed by atoms with van der Waals surface area (Å²) in [6, 6.07) is 5.60. The Morgan fingerprint density at radius 3 is 2.61 bits per heavy atom. The van der Waals surface area contributed by atoms with Gasteiger partial charge < -0.3 is 15.7 Å². The number of anilines is 2. The number of aliphatic carboxylic acids is 1. The maximum atomic E-state index is 11.2. The van der Waals surface area contributed by atoms with Crippen molar-refractivity contribution in [2.24, 2.45) is 0 Å². The lowest BCUT2D eigenvalue weighted by atomic mass is 9.97. The third-order valence-electron chi connectivity index (χ3n) is 3.59.